The molecule has 1 atom stereocenters. The van der Waals surface area contributed by atoms with E-state index in [4.69, 9.17) is 0 Å². The first-order valence-electron chi connectivity index (χ1n) is 8.32. The molecule has 0 saturated carbocycles. The van der Waals surface area contributed by atoms with E-state index in [1.807, 2.05) is 0 Å². The zero-order valence-corrected chi connectivity index (χ0v) is 13.2. The van der Waals surface area contributed by atoms with Crippen LogP contribution in [-0.2, 0) is 13.0 Å². The second-order valence-corrected chi connectivity index (χ2v) is 6.10. The van der Waals surface area contributed by atoms with Gasteiger partial charge in [0.25, 0.3) is 0 Å². The van der Waals surface area contributed by atoms with Crippen molar-refractivity contribution in [3.05, 3.63) is 35.4 Å². The van der Waals surface area contributed by atoms with Gasteiger partial charge in [-0.15, -0.1) is 0 Å². The third kappa shape index (κ3) is 4.60. The standard InChI is InChI=1S/C18H30N2/c1-3-4-7-12-19-14-16(2)20-13-8-11-17-9-5-6-10-18(17)15-20/h5-6,9-10,16,19H,3-4,7-8,11-15H2,1-2H3. The van der Waals surface area contributed by atoms with Crippen LogP contribution in [0.5, 0.6) is 0 Å². The summed E-state index contributed by atoms with van der Waals surface area (Å²) in [5, 5.41) is 3.62. The van der Waals surface area contributed by atoms with E-state index in [-0.39, 0.29) is 0 Å². The normalized spacial score (nSPS) is 17.5. The maximum absolute atomic E-state index is 3.62. The summed E-state index contributed by atoms with van der Waals surface area (Å²) < 4.78 is 0. The fourth-order valence-corrected chi connectivity index (χ4v) is 3.04. The second-order valence-electron chi connectivity index (χ2n) is 6.10. The molecule has 1 aromatic rings. The molecule has 112 valence electrons. The van der Waals surface area contributed by atoms with Crippen molar-refractivity contribution in [3.63, 3.8) is 0 Å². The van der Waals surface area contributed by atoms with Crippen molar-refractivity contribution in [1.82, 2.24) is 10.2 Å². The van der Waals surface area contributed by atoms with Gasteiger partial charge in [-0.25, -0.2) is 0 Å². The average molecular weight is 274 g/mol. The van der Waals surface area contributed by atoms with Crippen LogP contribution in [0.25, 0.3) is 0 Å². The number of hydrogen-bond donors (Lipinski definition) is 1. The smallest absolute Gasteiger partial charge is 0.0239 e. The third-order valence-corrected chi connectivity index (χ3v) is 4.40. The fraction of sp³-hybridized carbons (Fsp3) is 0.667. The van der Waals surface area contributed by atoms with E-state index < -0.39 is 0 Å². The fourth-order valence-electron chi connectivity index (χ4n) is 3.04. The molecule has 1 N–H and O–H groups in total. The van der Waals surface area contributed by atoms with Gasteiger partial charge in [-0.1, -0.05) is 44.0 Å². The van der Waals surface area contributed by atoms with Crippen molar-refractivity contribution >= 4 is 0 Å². The molecule has 0 aliphatic carbocycles. The van der Waals surface area contributed by atoms with Crippen LogP contribution in [0.1, 0.15) is 50.7 Å². The molecule has 0 amide bonds. The second kappa shape index (κ2) is 8.43. The van der Waals surface area contributed by atoms with E-state index in [1.165, 1.54) is 50.8 Å². The Hall–Kier alpha value is -0.860. The maximum Gasteiger partial charge on any atom is 0.0239 e. The molecule has 2 nitrogen and oxygen atoms in total. The number of fused-ring (bicyclic) bond motifs is 1. The Bertz CT molecular complexity index is 389. The Morgan fingerprint density at radius 1 is 1.20 bits per heavy atom. The highest BCUT2D eigenvalue weighted by Crippen LogP contribution is 2.19. The van der Waals surface area contributed by atoms with E-state index >= 15 is 0 Å². The van der Waals surface area contributed by atoms with Gasteiger partial charge in [0, 0.05) is 19.1 Å². The van der Waals surface area contributed by atoms with Crippen molar-refractivity contribution in [3.8, 4) is 0 Å². The Labute approximate surface area is 124 Å². The van der Waals surface area contributed by atoms with Gasteiger partial charge in [0.1, 0.15) is 0 Å². The Balaban J connectivity index is 1.80. The molecule has 1 aliphatic heterocycles. The highest BCUT2D eigenvalue weighted by molar-refractivity contribution is 5.28. The first-order chi connectivity index (χ1) is 9.81. The lowest BCUT2D eigenvalue weighted by molar-refractivity contribution is 0.198. The van der Waals surface area contributed by atoms with Crippen LogP contribution >= 0.6 is 0 Å². The summed E-state index contributed by atoms with van der Waals surface area (Å²) in [7, 11) is 0. The van der Waals surface area contributed by atoms with Crippen molar-refractivity contribution in [2.45, 2.75) is 58.5 Å². The Morgan fingerprint density at radius 3 is 2.80 bits per heavy atom. The van der Waals surface area contributed by atoms with Crippen LogP contribution in [0.15, 0.2) is 24.3 Å². The average Bonchev–Trinajstić information content (AvgIpc) is 2.69. The molecule has 1 aromatic carbocycles. The molecule has 2 heteroatoms. The zero-order valence-electron chi connectivity index (χ0n) is 13.2. The molecule has 1 unspecified atom stereocenters. The van der Waals surface area contributed by atoms with Crippen molar-refractivity contribution in [2.75, 3.05) is 19.6 Å². The number of hydrogen-bond acceptors (Lipinski definition) is 2. The van der Waals surface area contributed by atoms with E-state index in [0.717, 1.165) is 13.1 Å². The number of unbranched alkanes of at least 4 members (excludes halogenated alkanes) is 2. The molecular formula is C18H30N2. The quantitative estimate of drug-likeness (QED) is 0.764. The lowest BCUT2D eigenvalue weighted by Crippen LogP contribution is -2.40. The van der Waals surface area contributed by atoms with Gasteiger partial charge in [-0.2, -0.15) is 0 Å². The van der Waals surface area contributed by atoms with Crippen LogP contribution in [0, 0.1) is 0 Å². The number of aryl methyl sites for hydroxylation is 1. The number of nitrogens with zero attached hydrogens (tertiary/aromatic N) is 1. The van der Waals surface area contributed by atoms with Gasteiger partial charge in [0.15, 0.2) is 0 Å². The minimum absolute atomic E-state index is 0.628. The molecule has 0 fully saturated rings. The summed E-state index contributed by atoms with van der Waals surface area (Å²) in [6, 6.07) is 9.58. The van der Waals surface area contributed by atoms with Crippen LogP contribution in [0.4, 0.5) is 0 Å². The third-order valence-electron chi connectivity index (χ3n) is 4.40. The minimum Gasteiger partial charge on any atom is -0.315 e. The predicted octanol–water partition coefficient (Wildman–Crippen LogP) is 3.60. The molecule has 20 heavy (non-hydrogen) atoms. The summed E-state index contributed by atoms with van der Waals surface area (Å²) in [6.07, 6.45) is 6.49. The van der Waals surface area contributed by atoms with Crippen LogP contribution in [0.2, 0.25) is 0 Å². The van der Waals surface area contributed by atoms with Crippen molar-refractivity contribution in [2.24, 2.45) is 0 Å². The summed E-state index contributed by atoms with van der Waals surface area (Å²) in [4.78, 5) is 2.64. The van der Waals surface area contributed by atoms with Gasteiger partial charge in [0.2, 0.25) is 0 Å². The molecule has 1 aliphatic rings. The number of benzene rings is 1. The Kier molecular flexibility index (Phi) is 6.55. The molecule has 0 radical (unpaired) electrons. The number of rotatable bonds is 7. The molecular weight excluding hydrogens is 244 g/mol. The molecule has 0 bridgehead atoms. The van der Waals surface area contributed by atoms with E-state index in [1.54, 1.807) is 5.56 Å². The summed E-state index contributed by atoms with van der Waals surface area (Å²) in [5.41, 5.74) is 3.08. The summed E-state index contributed by atoms with van der Waals surface area (Å²) in [5.74, 6) is 0. The summed E-state index contributed by atoms with van der Waals surface area (Å²) in [6.45, 7) is 9.26. The van der Waals surface area contributed by atoms with Gasteiger partial charge >= 0.3 is 0 Å². The van der Waals surface area contributed by atoms with Gasteiger partial charge in [-0.3, -0.25) is 4.90 Å². The van der Waals surface area contributed by atoms with E-state index in [0.29, 0.717) is 6.04 Å². The highest BCUT2D eigenvalue weighted by Gasteiger charge is 2.18. The van der Waals surface area contributed by atoms with Crippen molar-refractivity contribution < 1.29 is 0 Å². The van der Waals surface area contributed by atoms with Gasteiger partial charge < -0.3 is 5.32 Å². The largest absolute Gasteiger partial charge is 0.315 e. The SMILES string of the molecule is CCCCCNCC(C)N1CCCc2ccccc2C1. The monoisotopic (exact) mass is 274 g/mol. The van der Waals surface area contributed by atoms with Crippen LogP contribution in [0.3, 0.4) is 0 Å². The zero-order chi connectivity index (χ0) is 14.2. The lowest BCUT2D eigenvalue weighted by atomic mass is 10.0. The molecule has 1 heterocycles. The van der Waals surface area contributed by atoms with Gasteiger partial charge in [-0.05, 0) is 50.4 Å². The topological polar surface area (TPSA) is 15.3 Å². The van der Waals surface area contributed by atoms with E-state index in [9.17, 15) is 0 Å². The van der Waals surface area contributed by atoms with Crippen LogP contribution in [-0.4, -0.2) is 30.6 Å². The summed E-state index contributed by atoms with van der Waals surface area (Å²) >= 11 is 0. The first kappa shape index (κ1) is 15.5. The maximum atomic E-state index is 3.62. The Morgan fingerprint density at radius 2 is 2.00 bits per heavy atom. The predicted molar refractivity (Wildman–Crippen MR) is 87.0 cm³/mol. The number of nitrogens with one attached hydrogen (secondary N) is 1. The van der Waals surface area contributed by atoms with Crippen LogP contribution < -0.4 is 5.32 Å². The van der Waals surface area contributed by atoms with E-state index in [2.05, 4.69) is 48.3 Å². The first-order valence-corrected chi connectivity index (χ1v) is 8.32. The molecule has 0 saturated heterocycles. The molecule has 0 aromatic heterocycles. The van der Waals surface area contributed by atoms with Gasteiger partial charge in [0.05, 0.1) is 0 Å². The van der Waals surface area contributed by atoms with Crippen molar-refractivity contribution in [1.29, 1.82) is 0 Å². The minimum atomic E-state index is 0.628. The molecule has 2 rings (SSSR count). The molecule has 0 spiro atoms. The lowest BCUT2D eigenvalue weighted by Gasteiger charge is -2.28. The highest BCUT2D eigenvalue weighted by atomic mass is 15.2.